The van der Waals surface area contributed by atoms with Crippen LogP contribution in [-0.4, -0.2) is 18.3 Å². The first-order chi connectivity index (χ1) is 16.1. The van der Waals surface area contributed by atoms with Crippen LogP contribution in [-0.2, 0) is 12.4 Å². The molecule has 0 aromatic heterocycles. The number of benzene rings is 3. The van der Waals surface area contributed by atoms with Gasteiger partial charge in [-0.05, 0) is 36.4 Å². The summed E-state index contributed by atoms with van der Waals surface area (Å²) in [4.78, 5) is 12.2. The molecule has 176 valence electrons. The molecule has 3 aromatic carbocycles. The van der Waals surface area contributed by atoms with Crippen molar-refractivity contribution in [2.45, 2.75) is 12.4 Å². The zero-order valence-corrected chi connectivity index (χ0v) is 17.2. The Balaban J connectivity index is 1.61. The lowest BCUT2D eigenvalue weighted by Gasteiger charge is -2.09. The topological polar surface area (TPSA) is 65.8 Å². The molecule has 3 rings (SSSR count). The second-order valence-corrected chi connectivity index (χ2v) is 6.82. The van der Waals surface area contributed by atoms with Crippen molar-refractivity contribution in [3.63, 3.8) is 0 Å². The molecule has 0 spiro atoms. The van der Waals surface area contributed by atoms with Gasteiger partial charge in [-0.3, -0.25) is 10.2 Å². The highest BCUT2D eigenvalue weighted by atomic mass is 19.4. The fourth-order valence-corrected chi connectivity index (χ4v) is 2.83. The molecule has 5 nitrogen and oxygen atoms in total. The van der Waals surface area contributed by atoms with E-state index >= 15 is 0 Å². The number of carbonyl (C=O) groups excluding carboxylic acids is 1. The molecule has 0 radical (unpaired) electrons. The molecule has 34 heavy (non-hydrogen) atoms. The summed E-state index contributed by atoms with van der Waals surface area (Å²) in [5.74, 6) is -0.671. The van der Waals surface area contributed by atoms with E-state index in [1.54, 1.807) is 0 Å². The minimum Gasteiger partial charge on any atom is -0.279 e. The van der Waals surface area contributed by atoms with Crippen molar-refractivity contribution in [1.29, 1.82) is 0 Å². The van der Waals surface area contributed by atoms with Crippen LogP contribution in [0, 0.1) is 0 Å². The van der Waals surface area contributed by atoms with Crippen LogP contribution in [0.3, 0.4) is 0 Å². The molecule has 0 aliphatic rings. The van der Waals surface area contributed by atoms with Crippen LogP contribution in [0.2, 0.25) is 0 Å². The molecule has 11 heteroatoms. The van der Waals surface area contributed by atoms with E-state index in [2.05, 4.69) is 21.1 Å². The molecular formula is C23H16F6N4O. The number of alkyl halides is 6. The first-order valence-corrected chi connectivity index (χ1v) is 9.61. The maximum Gasteiger partial charge on any atom is 0.417 e. The number of amides is 1. The lowest BCUT2D eigenvalue weighted by atomic mass is 10.1. The Morgan fingerprint density at radius 2 is 1.15 bits per heavy atom. The van der Waals surface area contributed by atoms with Gasteiger partial charge in [-0.2, -0.15) is 36.5 Å². The molecular weight excluding hydrogens is 462 g/mol. The van der Waals surface area contributed by atoms with Crippen LogP contribution in [0.15, 0.2) is 83.0 Å². The average Bonchev–Trinajstić information content (AvgIpc) is 2.79. The van der Waals surface area contributed by atoms with Crippen LogP contribution in [0.5, 0.6) is 0 Å². The summed E-state index contributed by atoms with van der Waals surface area (Å²) in [5.41, 5.74) is 3.19. The third-order valence-electron chi connectivity index (χ3n) is 4.45. The van der Waals surface area contributed by atoms with Crippen LogP contribution in [0.25, 0.3) is 0 Å². The molecule has 0 saturated heterocycles. The van der Waals surface area contributed by atoms with Crippen molar-refractivity contribution in [2.75, 3.05) is 5.43 Å². The van der Waals surface area contributed by atoms with E-state index in [0.717, 1.165) is 24.6 Å². The van der Waals surface area contributed by atoms with Gasteiger partial charge in [-0.1, -0.05) is 36.4 Å². The van der Waals surface area contributed by atoms with E-state index in [-0.39, 0.29) is 16.7 Å². The van der Waals surface area contributed by atoms with E-state index < -0.39 is 29.4 Å². The molecule has 0 bridgehead atoms. The molecule has 0 aliphatic carbocycles. The highest BCUT2D eigenvalue weighted by Gasteiger charge is 2.33. The van der Waals surface area contributed by atoms with Gasteiger partial charge in [0.25, 0.3) is 5.91 Å². The molecule has 0 fully saturated rings. The van der Waals surface area contributed by atoms with Gasteiger partial charge in [-0.25, -0.2) is 5.43 Å². The Morgan fingerprint density at radius 1 is 0.676 bits per heavy atom. The zero-order valence-electron chi connectivity index (χ0n) is 17.2. The fraction of sp³-hybridized carbons (Fsp3) is 0.0870. The van der Waals surface area contributed by atoms with Crippen molar-refractivity contribution in [1.82, 2.24) is 5.43 Å². The van der Waals surface area contributed by atoms with E-state index in [4.69, 9.17) is 0 Å². The van der Waals surface area contributed by atoms with Crippen molar-refractivity contribution >= 4 is 24.0 Å². The van der Waals surface area contributed by atoms with E-state index in [1.807, 2.05) is 0 Å². The second kappa shape index (κ2) is 10.2. The van der Waals surface area contributed by atoms with E-state index in [0.29, 0.717) is 5.69 Å². The highest BCUT2D eigenvalue weighted by Crippen LogP contribution is 2.32. The number of anilines is 1. The Bertz CT molecular complexity index is 1200. The first kappa shape index (κ1) is 24.5. The lowest BCUT2D eigenvalue weighted by molar-refractivity contribution is -0.138. The van der Waals surface area contributed by atoms with Crippen molar-refractivity contribution in [3.05, 3.63) is 101 Å². The van der Waals surface area contributed by atoms with Crippen LogP contribution < -0.4 is 10.9 Å². The van der Waals surface area contributed by atoms with Gasteiger partial charge in [0.1, 0.15) is 0 Å². The van der Waals surface area contributed by atoms with Gasteiger partial charge in [0, 0.05) is 16.7 Å². The molecule has 0 heterocycles. The number of carbonyl (C=O) groups is 1. The molecule has 0 aliphatic heterocycles. The lowest BCUT2D eigenvalue weighted by Crippen LogP contribution is -2.18. The molecule has 0 atom stereocenters. The van der Waals surface area contributed by atoms with Crippen molar-refractivity contribution < 1.29 is 31.1 Å². The Kier molecular flexibility index (Phi) is 7.34. The maximum absolute atomic E-state index is 13.0. The monoisotopic (exact) mass is 478 g/mol. The van der Waals surface area contributed by atoms with Gasteiger partial charge in [0.15, 0.2) is 0 Å². The molecule has 2 N–H and O–H groups in total. The largest absolute Gasteiger partial charge is 0.417 e. The van der Waals surface area contributed by atoms with E-state index in [1.165, 1.54) is 60.7 Å². The van der Waals surface area contributed by atoms with Gasteiger partial charge < -0.3 is 0 Å². The maximum atomic E-state index is 13.0. The molecule has 3 aromatic rings. The highest BCUT2D eigenvalue weighted by molar-refractivity contribution is 5.95. The van der Waals surface area contributed by atoms with Gasteiger partial charge in [0.2, 0.25) is 0 Å². The quantitative estimate of drug-likeness (QED) is 0.262. The number of nitrogens with one attached hydrogen (secondary N) is 2. The second-order valence-electron chi connectivity index (χ2n) is 6.82. The summed E-state index contributed by atoms with van der Waals surface area (Å²) in [5, 5.41) is 7.35. The Hall–Kier alpha value is -4.15. The number of hydrogen-bond donors (Lipinski definition) is 2. The Labute approximate surface area is 189 Å². The summed E-state index contributed by atoms with van der Waals surface area (Å²) < 4.78 is 77.9. The third-order valence-corrected chi connectivity index (χ3v) is 4.45. The number of nitrogens with zero attached hydrogens (tertiary/aromatic N) is 2. The summed E-state index contributed by atoms with van der Waals surface area (Å²) >= 11 is 0. The van der Waals surface area contributed by atoms with Crippen LogP contribution >= 0.6 is 0 Å². The van der Waals surface area contributed by atoms with Crippen LogP contribution in [0.4, 0.5) is 32.0 Å². The van der Waals surface area contributed by atoms with Gasteiger partial charge >= 0.3 is 12.4 Å². The van der Waals surface area contributed by atoms with Crippen molar-refractivity contribution in [2.24, 2.45) is 10.2 Å². The Morgan fingerprint density at radius 3 is 1.65 bits per heavy atom. The molecule has 0 unspecified atom stereocenters. The summed E-state index contributed by atoms with van der Waals surface area (Å²) in [6.45, 7) is 0. The number of rotatable bonds is 6. The molecule has 1 amide bonds. The third kappa shape index (κ3) is 6.44. The van der Waals surface area contributed by atoms with Gasteiger partial charge in [-0.15, -0.1) is 0 Å². The fourth-order valence-electron chi connectivity index (χ4n) is 2.83. The number of hydrazone groups is 2. The smallest absolute Gasteiger partial charge is 0.279 e. The molecule has 0 saturated carbocycles. The summed E-state index contributed by atoms with van der Waals surface area (Å²) in [6, 6.07) is 15.4. The standard InChI is InChI=1S/C23H16F6N4O/c24-22(25,26)19-7-3-1-5-16(19)13-30-32-18-11-9-15(10-12-18)21(34)33-31-14-17-6-2-4-8-20(17)23(27,28)29/h1-14,32H,(H,33,34)/b30-13+,31-14+. The minimum absolute atomic E-state index is 0.122. The predicted octanol–water partition coefficient (Wildman–Crippen LogP) is 5.93. The van der Waals surface area contributed by atoms with Crippen molar-refractivity contribution in [3.8, 4) is 0 Å². The SMILES string of the molecule is O=C(N/N=C/c1ccccc1C(F)(F)F)c1ccc(N/N=C/c2ccccc2C(F)(F)F)cc1. The summed E-state index contributed by atoms with van der Waals surface area (Å²) in [6.07, 6.45) is -7.16. The average molecular weight is 478 g/mol. The van der Waals surface area contributed by atoms with Gasteiger partial charge in [0.05, 0.1) is 29.2 Å². The predicted molar refractivity (Wildman–Crippen MR) is 116 cm³/mol. The summed E-state index contributed by atoms with van der Waals surface area (Å²) in [7, 11) is 0. The normalized spacial score (nSPS) is 12.3. The first-order valence-electron chi connectivity index (χ1n) is 9.61. The zero-order chi connectivity index (χ0) is 24.8. The number of halogens is 6. The van der Waals surface area contributed by atoms with E-state index in [9.17, 15) is 31.1 Å². The van der Waals surface area contributed by atoms with Crippen LogP contribution in [0.1, 0.15) is 32.6 Å². The number of hydrogen-bond acceptors (Lipinski definition) is 4. The minimum atomic E-state index is -4.56.